The summed E-state index contributed by atoms with van der Waals surface area (Å²) in [5.41, 5.74) is 3.39. The highest BCUT2D eigenvalue weighted by atomic mass is 32.2. The first kappa shape index (κ1) is 38.0. The van der Waals surface area contributed by atoms with Crippen molar-refractivity contribution in [2.45, 2.75) is 101 Å². The number of aromatic nitrogens is 3. The van der Waals surface area contributed by atoms with E-state index < -0.39 is 68.9 Å². The van der Waals surface area contributed by atoms with E-state index >= 15 is 0 Å². The van der Waals surface area contributed by atoms with Gasteiger partial charge in [0.15, 0.2) is 0 Å². The minimum absolute atomic E-state index is 0.0367. The number of rotatable bonds is 7. The lowest BCUT2D eigenvalue weighted by Crippen LogP contribution is -2.56. The van der Waals surface area contributed by atoms with E-state index in [2.05, 4.69) is 36.9 Å². The molecule has 3 aromatic rings. The summed E-state index contributed by atoms with van der Waals surface area (Å²) in [5, 5.41) is 6.42. The maximum absolute atomic E-state index is 14.4. The Morgan fingerprint density at radius 3 is 2.66 bits per heavy atom. The standard InChI is InChI=1S/C36H42FN7O7S2/c1-21-9-7-5-3-4-6-8-10-27(40-32(45)30-19-52-20-38-30)36(48)44-18-24(51-35-22(2)39-26-14-11-23(37)16-28(26)42-35)17-31(44)34(47)41-29(15-21)33(46)43-53(49,50)25-12-13-25/h5,7,11,14,16,19-20,24-25,27,29,31H,1,3-4,6,8-10,12-13,15,17-18H2,2H3,(H,40,45)(H,41,47)(H,43,46). The summed E-state index contributed by atoms with van der Waals surface area (Å²) < 4.78 is 47.9. The van der Waals surface area contributed by atoms with Gasteiger partial charge >= 0.3 is 0 Å². The lowest BCUT2D eigenvalue weighted by atomic mass is 10.0. The van der Waals surface area contributed by atoms with Gasteiger partial charge in [-0.2, -0.15) is 0 Å². The number of sulfonamides is 1. The molecule has 1 saturated carbocycles. The van der Waals surface area contributed by atoms with Crippen LogP contribution in [0, 0.1) is 12.7 Å². The molecule has 282 valence electrons. The van der Waals surface area contributed by atoms with Crippen molar-refractivity contribution in [2.75, 3.05) is 6.54 Å². The van der Waals surface area contributed by atoms with Crippen molar-refractivity contribution in [1.29, 1.82) is 0 Å². The molecule has 2 fully saturated rings. The van der Waals surface area contributed by atoms with Crippen molar-refractivity contribution in [2.24, 2.45) is 0 Å². The average Bonchev–Trinajstić information content (AvgIpc) is 3.68. The predicted molar refractivity (Wildman–Crippen MR) is 195 cm³/mol. The number of carbonyl (C=O) groups is 4. The van der Waals surface area contributed by atoms with Crippen LogP contribution in [0.15, 0.2) is 53.4 Å². The maximum atomic E-state index is 14.4. The molecule has 3 N–H and O–H groups in total. The highest BCUT2D eigenvalue weighted by Gasteiger charge is 2.45. The number of hydrogen-bond acceptors (Lipinski definition) is 11. The summed E-state index contributed by atoms with van der Waals surface area (Å²) in [6.45, 7) is 5.65. The van der Waals surface area contributed by atoms with E-state index in [-0.39, 0.29) is 42.9 Å². The van der Waals surface area contributed by atoms with Gasteiger partial charge in [0.25, 0.3) is 11.8 Å². The van der Waals surface area contributed by atoms with Crippen LogP contribution in [0.25, 0.3) is 11.0 Å². The number of nitrogens with zero attached hydrogens (tertiary/aromatic N) is 4. The summed E-state index contributed by atoms with van der Waals surface area (Å²) in [6.07, 6.45) is 7.59. The number of benzene rings is 1. The molecular weight excluding hydrogens is 726 g/mol. The molecule has 3 aliphatic rings. The monoisotopic (exact) mass is 767 g/mol. The van der Waals surface area contributed by atoms with Gasteiger partial charge in [-0.25, -0.2) is 27.8 Å². The van der Waals surface area contributed by atoms with E-state index in [4.69, 9.17) is 4.74 Å². The Kier molecular flexibility index (Phi) is 11.8. The number of amides is 4. The maximum Gasteiger partial charge on any atom is 0.271 e. The summed E-state index contributed by atoms with van der Waals surface area (Å²) in [5.74, 6) is -3.10. The van der Waals surface area contributed by atoms with Gasteiger partial charge in [0.05, 0.1) is 28.3 Å². The Bertz CT molecular complexity index is 2020. The molecule has 4 atom stereocenters. The predicted octanol–water partition coefficient (Wildman–Crippen LogP) is 3.63. The zero-order valence-corrected chi connectivity index (χ0v) is 30.9. The van der Waals surface area contributed by atoms with Crippen molar-refractivity contribution in [1.82, 2.24) is 35.2 Å². The molecule has 0 radical (unpaired) electrons. The quantitative estimate of drug-likeness (QED) is 0.300. The first-order chi connectivity index (χ1) is 25.4. The van der Waals surface area contributed by atoms with Gasteiger partial charge in [-0.15, -0.1) is 11.3 Å². The Morgan fingerprint density at radius 1 is 1.09 bits per heavy atom. The molecule has 6 rings (SSSR count). The van der Waals surface area contributed by atoms with Gasteiger partial charge in [0, 0.05) is 17.9 Å². The molecule has 1 saturated heterocycles. The summed E-state index contributed by atoms with van der Waals surface area (Å²) >= 11 is 1.24. The highest BCUT2D eigenvalue weighted by molar-refractivity contribution is 7.90. The van der Waals surface area contributed by atoms with Gasteiger partial charge in [-0.1, -0.05) is 37.1 Å². The molecule has 0 spiro atoms. The van der Waals surface area contributed by atoms with E-state index in [0.29, 0.717) is 42.5 Å². The van der Waals surface area contributed by atoms with E-state index in [1.165, 1.54) is 39.9 Å². The SMILES string of the molecule is C=C1CC=CCCCCCC(NC(=O)c2cscn2)C(=O)N2CC(Oc3nc4cc(F)ccc4nc3C)CC2C(=O)NC(C(=O)NS(=O)(=O)C2CC2)C1. The second-order valence-corrected chi connectivity index (χ2v) is 16.3. The van der Waals surface area contributed by atoms with Gasteiger partial charge < -0.3 is 20.3 Å². The fraction of sp³-hybridized carbons (Fsp3) is 0.472. The van der Waals surface area contributed by atoms with Crippen LogP contribution in [-0.4, -0.2) is 87.9 Å². The van der Waals surface area contributed by atoms with Crippen molar-refractivity contribution >= 4 is 56.0 Å². The molecule has 0 bridgehead atoms. The third-order valence-electron chi connectivity index (χ3n) is 9.42. The molecule has 4 amide bonds. The molecule has 17 heteroatoms. The second kappa shape index (κ2) is 16.5. The van der Waals surface area contributed by atoms with Gasteiger partial charge in [-0.05, 0) is 64.0 Å². The van der Waals surface area contributed by atoms with Crippen LogP contribution in [0.4, 0.5) is 4.39 Å². The number of allylic oxidation sites excluding steroid dienone is 2. The summed E-state index contributed by atoms with van der Waals surface area (Å²) in [4.78, 5) is 69.6. The molecule has 1 aliphatic carbocycles. The molecule has 14 nitrogen and oxygen atoms in total. The van der Waals surface area contributed by atoms with Crippen LogP contribution in [0.5, 0.6) is 5.88 Å². The van der Waals surface area contributed by atoms with Crippen molar-refractivity contribution in [3.05, 3.63) is 70.6 Å². The Balaban J connectivity index is 1.31. The van der Waals surface area contributed by atoms with Gasteiger partial charge in [-0.3, -0.25) is 23.9 Å². The zero-order chi connectivity index (χ0) is 37.7. The Hall–Kier alpha value is -4.77. The number of fused-ring (bicyclic) bond motifs is 2. The molecule has 2 aliphatic heterocycles. The van der Waals surface area contributed by atoms with Gasteiger partial charge in [0.2, 0.25) is 27.7 Å². The molecular formula is C36H42FN7O7S2. The van der Waals surface area contributed by atoms with Crippen LogP contribution in [-0.2, 0) is 24.4 Å². The minimum atomic E-state index is -3.93. The topological polar surface area (TPSA) is 190 Å². The summed E-state index contributed by atoms with van der Waals surface area (Å²) in [7, 11) is -3.93. The number of carbonyl (C=O) groups excluding carboxylic acids is 4. The zero-order valence-electron chi connectivity index (χ0n) is 29.3. The van der Waals surface area contributed by atoms with Crippen LogP contribution < -0.4 is 20.1 Å². The van der Waals surface area contributed by atoms with Crippen molar-refractivity contribution in [3.8, 4) is 5.88 Å². The molecule has 53 heavy (non-hydrogen) atoms. The largest absolute Gasteiger partial charge is 0.471 e. The first-order valence-electron chi connectivity index (χ1n) is 17.7. The summed E-state index contributed by atoms with van der Waals surface area (Å²) in [6, 6.07) is 0.488. The van der Waals surface area contributed by atoms with Crippen LogP contribution in [0.1, 0.15) is 80.4 Å². The third-order valence-corrected chi connectivity index (χ3v) is 11.8. The number of thiazole rings is 1. The molecule has 4 unspecified atom stereocenters. The molecule has 1 aromatic carbocycles. The van der Waals surface area contributed by atoms with Crippen molar-refractivity contribution in [3.63, 3.8) is 0 Å². The molecule has 4 heterocycles. The fourth-order valence-electron chi connectivity index (χ4n) is 6.44. The third kappa shape index (κ3) is 9.62. The van der Waals surface area contributed by atoms with Crippen LogP contribution >= 0.6 is 11.3 Å². The Labute approximate surface area is 310 Å². The smallest absolute Gasteiger partial charge is 0.271 e. The van der Waals surface area contributed by atoms with Crippen LogP contribution in [0.3, 0.4) is 0 Å². The fourth-order valence-corrected chi connectivity index (χ4v) is 8.31. The number of nitrogens with one attached hydrogen (secondary N) is 3. The Morgan fingerprint density at radius 2 is 1.91 bits per heavy atom. The second-order valence-electron chi connectivity index (χ2n) is 13.7. The number of halogens is 1. The lowest BCUT2D eigenvalue weighted by molar-refractivity contribution is -0.140. The average molecular weight is 768 g/mol. The van der Waals surface area contributed by atoms with Gasteiger partial charge in [0.1, 0.15) is 41.4 Å². The van der Waals surface area contributed by atoms with E-state index in [9.17, 15) is 32.0 Å². The number of ether oxygens (including phenoxy) is 1. The van der Waals surface area contributed by atoms with Crippen molar-refractivity contribution < 1.29 is 36.7 Å². The minimum Gasteiger partial charge on any atom is -0.471 e. The first-order valence-corrected chi connectivity index (χ1v) is 20.1. The van der Waals surface area contributed by atoms with E-state index in [1.54, 1.807) is 12.3 Å². The molecule has 2 aromatic heterocycles. The van der Waals surface area contributed by atoms with E-state index in [0.717, 1.165) is 19.3 Å². The van der Waals surface area contributed by atoms with E-state index in [1.807, 2.05) is 12.2 Å². The number of aryl methyl sites for hydroxylation is 1. The normalized spacial score (nSPS) is 23.6. The lowest BCUT2D eigenvalue weighted by Gasteiger charge is -2.29. The highest BCUT2D eigenvalue weighted by Crippen LogP contribution is 2.29. The number of hydrogen-bond donors (Lipinski definition) is 3. The van der Waals surface area contributed by atoms with Crippen LogP contribution in [0.2, 0.25) is 0 Å².